The van der Waals surface area contributed by atoms with Crippen molar-refractivity contribution in [3.8, 4) is 11.8 Å². The third-order valence-corrected chi connectivity index (χ3v) is 5.25. The van der Waals surface area contributed by atoms with Crippen LogP contribution in [0, 0.1) is 0 Å². The van der Waals surface area contributed by atoms with Crippen LogP contribution in [0.4, 0.5) is 0 Å². The third-order valence-electron chi connectivity index (χ3n) is 5.25. The molecule has 35 heavy (non-hydrogen) atoms. The molecule has 0 fully saturated rings. The van der Waals surface area contributed by atoms with E-state index in [1.807, 2.05) is 46.5 Å². The molecular formula is C23H23N9O3. The van der Waals surface area contributed by atoms with Crippen molar-refractivity contribution in [1.29, 1.82) is 0 Å². The maximum Gasteiger partial charge on any atom is 0.341 e. The Morgan fingerprint density at radius 1 is 1.06 bits per heavy atom. The first-order chi connectivity index (χ1) is 17.2. The van der Waals surface area contributed by atoms with E-state index in [2.05, 4.69) is 30.1 Å². The predicted molar refractivity (Wildman–Crippen MR) is 124 cm³/mol. The van der Waals surface area contributed by atoms with Gasteiger partial charge in [0.05, 0.1) is 31.2 Å². The Balaban J connectivity index is 1.54. The van der Waals surface area contributed by atoms with E-state index in [4.69, 9.17) is 9.47 Å². The standard InChI is InChI=1S/C23H23N9O3/c1-3-31-18(24-14-27-31)12-30-15-25-20-19(30)21(35-13-16-8-6-5-7-9-16)29-23(28-20)32-11-17(10-26-32)22(33)34-4-2/h5-11,14-15H,3-4,12-13H2,1-2H3. The van der Waals surface area contributed by atoms with Crippen molar-refractivity contribution in [2.45, 2.75) is 33.5 Å². The molecule has 0 saturated heterocycles. The average molecular weight is 473 g/mol. The minimum atomic E-state index is -0.468. The molecule has 178 valence electrons. The molecule has 0 saturated carbocycles. The quantitative estimate of drug-likeness (QED) is 0.296. The fourth-order valence-electron chi connectivity index (χ4n) is 3.56. The summed E-state index contributed by atoms with van der Waals surface area (Å²) in [7, 11) is 0. The number of ether oxygens (including phenoxy) is 2. The molecule has 5 aromatic rings. The number of esters is 1. The van der Waals surface area contributed by atoms with Crippen LogP contribution in [0.25, 0.3) is 17.1 Å². The van der Waals surface area contributed by atoms with Crippen molar-refractivity contribution < 1.29 is 14.3 Å². The molecule has 0 aliphatic heterocycles. The van der Waals surface area contributed by atoms with Crippen molar-refractivity contribution in [3.63, 3.8) is 0 Å². The molecule has 4 aromatic heterocycles. The Bertz CT molecular complexity index is 1460. The number of carbonyl (C=O) groups excluding carboxylic acids is 1. The summed E-state index contributed by atoms with van der Waals surface area (Å²) in [6.45, 7) is 5.44. The van der Waals surface area contributed by atoms with Crippen molar-refractivity contribution in [2.75, 3.05) is 6.61 Å². The van der Waals surface area contributed by atoms with Crippen LogP contribution in [-0.2, 0) is 24.4 Å². The Hall–Kier alpha value is -4.61. The molecule has 12 nitrogen and oxygen atoms in total. The zero-order valence-corrected chi connectivity index (χ0v) is 19.3. The smallest absolute Gasteiger partial charge is 0.341 e. The fraction of sp³-hybridized carbons (Fsp3) is 0.261. The molecule has 0 spiro atoms. The Morgan fingerprint density at radius 3 is 2.71 bits per heavy atom. The average Bonchev–Trinajstić information content (AvgIpc) is 3.64. The number of hydrogen-bond acceptors (Lipinski definition) is 9. The van der Waals surface area contributed by atoms with E-state index < -0.39 is 5.97 Å². The molecule has 0 radical (unpaired) electrons. The van der Waals surface area contributed by atoms with Crippen molar-refractivity contribution in [2.24, 2.45) is 0 Å². The highest BCUT2D eigenvalue weighted by Crippen LogP contribution is 2.25. The normalized spacial score (nSPS) is 11.1. The van der Waals surface area contributed by atoms with Gasteiger partial charge in [0.1, 0.15) is 18.8 Å². The molecule has 0 atom stereocenters. The monoisotopic (exact) mass is 473 g/mol. The Kier molecular flexibility index (Phi) is 6.16. The van der Waals surface area contributed by atoms with Gasteiger partial charge < -0.3 is 14.0 Å². The Labute approximate surface area is 200 Å². The molecule has 0 aliphatic carbocycles. The van der Waals surface area contributed by atoms with E-state index in [0.29, 0.717) is 42.3 Å². The van der Waals surface area contributed by atoms with E-state index >= 15 is 0 Å². The summed E-state index contributed by atoms with van der Waals surface area (Å²) in [4.78, 5) is 30.1. The third kappa shape index (κ3) is 4.58. The topological polar surface area (TPSA) is 128 Å². The first kappa shape index (κ1) is 22.2. The second kappa shape index (κ2) is 9.71. The van der Waals surface area contributed by atoms with Crippen molar-refractivity contribution in [3.05, 3.63) is 72.3 Å². The van der Waals surface area contributed by atoms with Crippen LogP contribution in [0.15, 0.2) is 55.4 Å². The van der Waals surface area contributed by atoms with Crippen LogP contribution in [0.5, 0.6) is 5.88 Å². The van der Waals surface area contributed by atoms with Gasteiger partial charge in [-0.05, 0) is 19.4 Å². The van der Waals surface area contributed by atoms with Crippen LogP contribution in [-0.4, -0.2) is 56.6 Å². The number of fused-ring (bicyclic) bond motifs is 1. The highest BCUT2D eigenvalue weighted by molar-refractivity contribution is 5.88. The number of imidazole rings is 1. The second-order valence-electron chi connectivity index (χ2n) is 7.53. The van der Waals surface area contributed by atoms with E-state index in [0.717, 1.165) is 11.4 Å². The first-order valence-electron chi connectivity index (χ1n) is 11.1. The molecule has 0 unspecified atom stereocenters. The number of hydrogen-bond donors (Lipinski definition) is 0. The summed E-state index contributed by atoms with van der Waals surface area (Å²) >= 11 is 0. The summed E-state index contributed by atoms with van der Waals surface area (Å²) in [6, 6.07) is 9.78. The molecule has 0 N–H and O–H groups in total. The van der Waals surface area contributed by atoms with Crippen LogP contribution in [0.2, 0.25) is 0 Å². The molecule has 0 amide bonds. The minimum absolute atomic E-state index is 0.220. The maximum absolute atomic E-state index is 12.1. The van der Waals surface area contributed by atoms with Gasteiger partial charge in [-0.1, -0.05) is 30.3 Å². The van der Waals surface area contributed by atoms with E-state index in [-0.39, 0.29) is 12.6 Å². The SMILES string of the molecule is CCOC(=O)c1cnn(-c2nc(OCc3ccccc3)c3c(ncn3Cc3ncnn3CC)n2)c1. The number of rotatable bonds is 9. The van der Waals surface area contributed by atoms with Gasteiger partial charge in [-0.25, -0.2) is 24.1 Å². The number of aryl methyl sites for hydroxylation is 1. The lowest BCUT2D eigenvalue weighted by molar-refractivity contribution is 0.0526. The molecule has 5 rings (SSSR count). The highest BCUT2D eigenvalue weighted by atomic mass is 16.5. The summed E-state index contributed by atoms with van der Waals surface area (Å²) in [5.41, 5.74) is 2.33. The lowest BCUT2D eigenvalue weighted by atomic mass is 10.2. The van der Waals surface area contributed by atoms with Crippen LogP contribution >= 0.6 is 0 Å². The maximum atomic E-state index is 12.1. The first-order valence-corrected chi connectivity index (χ1v) is 11.1. The predicted octanol–water partition coefficient (Wildman–Crippen LogP) is 2.43. The zero-order valence-electron chi connectivity index (χ0n) is 19.3. The Morgan fingerprint density at radius 2 is 1.91 bits per heavy atom. The summed E-state index contributed by atoms with van der Waals surface area (Å²) < 4.78 is 16.3. The summed E-state index contributed by atoms with van der Waals surface area (Å²) in [5, 5.41) is 8.46. The van der Waals surface area contributed by atoms with E-state index in [9.17, 15) is 4.79 Å². The summed E-state index contributed by atoms with van der Waals surface area (Å²) in [5.74, 6) is 0.862. The number of carbonyl (C=O) groups is 1. The second-order valence-corrected chi connectivity index (χ2v) is 7.53. The molecular weight excluding hydrogens is 450 g/mol. The van der Waals surface area contributed by atoms with Crippen LogP contribution < -0.4 is 4.74 Å². The highest BCUT2D eigenvalue weighted by Gasteiger charge is 2.19. The minimum Gasteiger partial charge on any atom is -0.471 e. The van der Waals surface area contributed by atoms with E-state index in [1.54, 1.807) is 13.3 Å². The summed E-state index contributed by atoms with van der Waals surface area (Å²) in [6.07, 6.45) is 6.12. The van der Waals surface area contributed by atoms with Crippen molar-refractivity contribution in [1.82, 2.24) is 44.1 Å². The number of benzene rings is 1. The zero-order chi connectivity index (χ0) is 24.2. The molecule has 12 heteroatoms. The van der Waals surface area contributed by atoms with Gasteiger partial charge in [-0.3, -0.25) is 0 Å². The van der Waals surface area contributed by atoms with Gasteiger partial charge >= 0.3 is 5.97 Å². The van der Waals surface area contributed by atoms with Gasteiger partial charge in [-0.15, -0.1) is 0 Å². The van der Waals surface area contributed by atoms with Crippen LogP contribution in [0.3, 0.4) is 0 Å². The fourth-order valence-corrected chi connectivity index (χ4v) is 3.56. The molecule has 0 bridgehead atoms. The van der Waals surface area contributed by atoms with Crippen LogP contribution in [0.1, 0.15) is 35.6 Å². The largest absolute Gasteiger partial charge is 0.471 e. The lowest BCUT2D eigenvalue weighted by Crippen LogP contribution is -2.11. The molecule has 4 heterocycles. The number of aromatic nitrogens is 9. The van der Waals surface area contributed by atoms with Gasteiger partial charge in [0.2, 0.25) is 5.88 Å². The lowest BCUT2D eigenvalue weighted by Gasteiger charge is -2.11. The van der Waals surface area contributed by atoms with Gasteiger partial charge in [-0.2, -0.15) is 20.2 Å². The van der Waals surface area contributed by atoms with E-state index in [1.165, 1.54) is 23.4 Å². The van der Waals surface area contributed by atoms with Crippen molar-refractivity contribution >= 4 is 17.1 Å². The molecule has 0 aliphatic rings. The van der Waals surface area contributed by atoms with Gasteiger partial charge in [0.15, 0.2) is 11.2 Å². The molecule has 1 aromatic carbocycles. The van der Waals surface area contributed by atoms with Gasteiger partial charge in [0.25, 0.3) is 5.95 Å². The number of nitrogens with zero attached hydrogens (tertiary/aromatic N) is 9. The van der Waals surface area contributed by atoms with Gasteiger partial charge in [0, 0.05) is 12.7 Å².